The van der Waals surface area contributed by atoms with Crippen LogP contribution in [0.4, 0.5) is 0 Å². The molecule has 0 aromatic carbocycles. The normalized spacial score (nSPS) is 9.40. The summed E-state index contributed by atoms with van der Waals surface area (Å²) in [6.45, 7) is 7.48. The van der Waals surface area contributed by atoms with E-state index in [0.717, 1.165) is 11.4 Å². The van der Waals surface area contributed by atoms with E-state index >= 15 is 0 Å². The Morgan fingerprint density at radius 2 is 1.80 bits per heavy atom. The molecule has 1 rings (SSSR count). The molecule has 0 aliphatic rings. The molecule has 52 valence electrons. The Morgan fingerprint density at radius 3 is 2.20 bits per heavy atom. The molecule has 1 heterocycles. The monoisotopic (exact) mass is 134 g/mol. The molecule has 0 N–H and O–H groups in total. The summed E-state index contributed by atoms with van der Waals surface area (Å²) < 4.78 is 0. The summed E-state index contributed by atoms with van der Waals surface area (Å²) in [6.07, 6.45) is 1.65. The lowest BCUT2D eigenvalue weighted by molar-refractivity contribution is 1.03. The zero-order chi connectivity index (χ0) is 7.56. The SMILES string of the molecule is C=Cc1nc(C)cc(C)n1. The maximum Gasteiger partial charge on any atom is 0.151 e. The average molecular weight is 134 g/mol. The fraction of sp³-hybridized carbons (Fsp3) is 0.250. The van der Waals surface area contributed by atoms with Gasteiger partial charge in [0.25, 0.3) is 0 Å². The van der Waals surface area contributed by atoms with Crippen LogP contribution >= 0.6 is 0 Å². The Hall–Kier alpha value is -1.18. The first-order chi connectivity index (χ1) is 4.72. The molecule has 1 aromatic heterocycles. The van der Waals surface area contributed by atoms with Crippen LogP contribution in [-0.2, 0) is 0 Å². The van der Waals surface area contributed by atoms with Gasteiger partial charge in [-0.15, -0.1) is 0 Å². The minimum Gasteiger partial charge on any atom is -0.234 e. The molecule has 0 aliphatic carbocycles. The van der Waals surface area contributed by atoms with Gasteiger partial charge in [-0.3, -0.25) is 0 Å². The van der Waals surface area contributed by atoms with Crippen LogP contribution in [0.2, 0.25) is 0 Å². The van der Waals surface area contributed by atoms with Gasteiger partial charge in [0.05, 0.1) is 0 Å². The predicted octanol–water partition coefficient (Wildman–Crippen LogP) is 1.74. The van der Waals surface area contributed by atoms with E-state index in [2.05, 4.69) is 16.5 Å². The van der Waals surface area contributed by atoms with E-state index in [9.17, 15) is 0 Å². The van der Waals surface area contributed by atoms with Gasteiger partial charge in [-0.2, -0.15) is 0 Å². The van der Waals surface area contributed by atoms with Crippen LogP contribution in [0.1, 0.15) is 17.2 Å². The van der Waals surface area contributed by atoms with Crippen LogP contribution < -0.4 is 0 Å². The molecule has 0 saturated heterocycles. The van der Waals surface area contributed by atoms with E-state index < -0.39 is 0 Å². The third-order valence-electron chi connectivity index (χ3n) is 1.18. The smallest absolute Gasteiger partial charge is 0.151 e. The van der Waals surface area contributed by atoms with Gasteiger partial charge in [-0.05, 0) is 26.0 Å². The van der Waals surface area contributed by atoms with Crippen molar-refractivity contribution < 1.29 is 0 Å². The Labute approximate surface area is 60.6 Å². The summed E-state index contributed by atoms with van der Waals surface area (Å²) in [4.78, 5) is 8.25. The summed E-state index contributed by atoms with van der Waals surface area (Å²) in [5, 5.41) is 0. The van der Waals surface area contributed by atoms with Crippen molar-refractivity contribution in [1.29, 1.82) is 0 Å². The molecule has 0 amide bonds. The number of hydrogen-bond donors (Lipinski definition) is 0. The highest BCUT2D eigenvalue weighted by molar-refractivity contribution is 5.36. The second kappa shape index (κ2) is 2.60. The summed E-state index contributed by atoms with van der Waals surface area (Å²) in [5.41, 5.74) is 1.98. The first-order valence-corrected chi connectivity index (χ1v) is 3.17. The standard InChI is InChI=1S/C8H10N2/c1-4-8-9-6(2)5-7(3)10-8/h4-5H,1H2,2-3H3. The molecule has 2 nitrogen and oxygen atoms in total. The fourth-order valence-corrected chi connectivity index (χ4v) is 0.845. The van der Waals surface area contributed by atoms with Crippen molar-refractivity contribution in [1.82, 2.24) is 9.97 Å². The third kappa shape index (κ3) is 1.41. The highest BCUT2D eigenvalue weighted by atomic mass is 14.9. The van der Waals surface area contributed by atoms with Gasteiger partial charge < -0.3 is 0 Å². The molecule has 10 heavy (non-hydrogen) atoms. The van der Waals surface area contributed by atoms with Crippen LogP contribution in [0, 0.1) is 13.8 Å². The Bertz CT molecular complexity index is 233. The van der Waals surface area contributed by atoms with E-state index in [4.69, 9.17) is 0 Å². The minimum atomic E-state index is 0.706. The van der Waals surface area contributed by atoms with E-state index in [1.807, 2.05) is 19.9 Å². The van der Waals surface area contributed by atoms with Crippen molar-refractivity contribution in [2.45, 2.75) is 13.8 Å². The van der Waals surface area contributed by atoms with E-state index in [-0.39, 0.29) is 0 Å². The first-order valence-electron chi connectivity index (χ1n) is 3.17. The Kier molecular flexibility index (Phi) is 1.81. The van der Waals surface area contributed by atoms with Crippen molar-refractivity contribution in [2.24, 2.45) is 0 Å². The summed E-state index contributed by atoms with van der Waals surface area (Å²) in [5.74, 6) is 0.706. The molecule has 2 heteroatoms. The number of hydrogen-bond acceptors (Lipinski definition) is 2. The zero-order valence-electron chi connectivity index (χ0n) is 6.26. The summed E-state index contributed by atoms with van der Waals surface area (Å²) in [6, 6.07) is 1.94. The molecule has 0 saturated carbocycles. The van der Waals surface area contributed by atoms with Gasteiger partial charge in [-0.25, -0.2) is 9.97 Å². The van der Waals surface area contributed by atoms with E-state index in [1.165, 1.54) is 0 Å². The van der Waals surface area contributed by atoms with Crippen molar-refractivity contribution in [3.05, 3.63) is 29.9 Å². The largest absolute Gasteiger partial charge is 0.234 e. The van der Waals surface area contributed by atoms with E-state index in [0.29, 0.717) is 5.82 Å². The number of aromatic nitrogens is 2. The number of aryl methyl sites for hydroxylation is 2. The van der Waals surface area contributed by atoms with Crippen LogP contribution in [0.5, 0.6) is 0 Å². The van der Waals surface area contributed by atoms with Gasteiger partial charge in [0.15, 0.2) is 5.82 Å². The molecule has 0 bridgehead atoms. The van der Waals surface area contributed by atoms with Crippen LogP contribution in [0.25, 0.3) is 6.08 Å². The second-order valence-corrected chi connectivity index (χ2v) is 2.21. The van der Waals surface area contributed by atoms with Gasteiger partial charge in [0.2, 0.25) is 0 Å². The summed E-state index contributed by atoms with van der Waals surface area (Å²) >= 11 is 0. The summed E-state index contributed by atoms with van der Waals surface area (Å²) in [7, 11) is 0. The maximum atomic E-state index is 4.12. The average Bonchev–Trinajstić information content (AvgIpc) is 1.85. The highest BCUT2D eigenvalue weighted by Gasteiger charge is 1.92. The lowest BCUT2D eigenvalue weighted by Crippen LogP contribution is -1.92. The quantitative estimate of drug-likeness (QED) is 0.584. The highest BCUT2D eigenvalue weighted by Crippen LogP contribution is 1.99. The van der Waals surface area contributed by atoms with Crippen LogP contribution in [-0.4, -0.2) is 9.97 Å². The van der Waals surface area contributed by atoms with Crippen molar-refractivity contribution in [2.75, 3.05) is 0 Å². The minimum absolute atomic E-state index is 0.706. The predicted molar refractivity (Wildman–Crippen MR) is 41.6 cm³/mol. The molecule has 1 aromatic rings. The molecule has 0 unspecified atom stereocenters. The van der Waals surface area contributed by atoms with Crippen LogP contribution in [0.15, 0.2) is 12.6 Å². The van der Waals surface area contributed by atoms with Crippen molar-refractivity contribution >= 4 is 6.08 Å². The second-order valence-electron chi connectivity index (χ2n) is 2.21. The van der Waals surface area contributed by atoms with Crippen molar-refractivity contribution in [3.63, 3.8) is 0 Å². The van der Waals surface area contributed by atoms with Gasteiger partial charge in [0, 0.05) is 11.4 Å². The fourth-order valence-electron chi connectivity index (χ4n) is 0.845. The lowest BCUT2D eigenvalue weighted by atomic mass is 10.3. The molecule has 0 spiro atoms. The molecule has 0 aliphatic heterocycles. The van der Waals surface area contributed by atoms with Gasteiger partial charge in [0.1, 0.15) is 0 Å². The third-order valence-corrected chi connectivity index (χ3v) is 1.18. The molecular formula is C8H10N2. The Balaban J connectivity index is 3.18. The van der Waals surface area contributed by atoms with E-state index in [1.54, 1.807) is 6.08 Å². The van der Waals surface area contributed by atoms with Crippen LogP contribution in [0.3, 0.4) is 0 Å². The zero-order valence-corrected chi connectivity index (χ0v) is 6.26. The molecular weight excluding hydrogens is 124 g/mol. The maximum absolute atomic E-state index is 4.12. The number of nitrogens with zero attached hydrogens (tertiary/aromatic N) is 2. The van der Waals surface area contributed by atoms with Crippen molar-refractivity contribution in [3.8, 4) is 0 Å². The van der Waals surface area contributed by atoms with Gasteiger partial charge >= 0.3 is 0 Å². The first kappa shape index (κ1) is 6.93. The lowest BCUT2D eigenvalue weighted by Gasteiger charge is -1.96. The molecule has 0 fully saturated rings. The number of rotatable bonds is 1. The molecule has 0 radical (unpaired) electrons. The topological polar surface area (TPSA) is 25.8 Å². The molecule has 0 atom stereocenters. The Morgan fingerprint density at radius 1 is 1.30 bits per heavy atom. The van der Waals surface area contributed by atoms with Gasteiger partial charge in [-0.1, -0.05) is 6.58 Å².